The average Bonchev–Trinajstić information content (AvgIpc) is 2.84. The molecular formula is C42H69Br. The predicted molar refractivity (Wildman–Crippen MR) is 197 cm³/mol. The largest absolute Gasteiger partial charge is 0.0876 e. The fraction of sp³-hybridized carbons (Fsp3) is 0.714. The predicted octanol–water partition coefficient (Wildman–Crippen LogP) is 14.2. The lowest BCUT2D eigenvalue weighted by molar-refractivity contribution is -0.0468. The number of rotatable bonds is 12. The number of hydrogen-bond acceptors (Lipinski definition) is 0. The molecule has 0 spiro atoms. The van der Waals surface area contributed by atoms with Gasteiger partial charge in [-0.2, -0.15) is 0 Å². The molecule has 0 radical (unpaired) electrons. The lowest BCUT2D eigenvalue weighted by atomic mass is 9.49. The van der Waals surface area contributed by atoms with Crippen LogP contribution in [0, 0.1) is 44.8 Å². The van der Waals surface area contributed by atoms with Crippen molar-refractivity contribution in [3.05, 3.63) is 70.8 Å². The van der Waals surface area contributed by atoms with Gasteiger partial charge in [-0.1, -0.05) is 181 Å². The topological polar surface area (TPSA) is 0 Å². The summed E-state index contributed by atoms with van der Waals surface area (Å²) in [5.41, 5.74) is 6.76. The molecule has 2 aromatic carbocycles. The first-order valence-electron chi connectivity index (χ1n) is 16.9. The van der Waals surface area contributed by atoms with Gasteiger partial charge in [-0.15, -0.1) is 0 Å². The molecule has 0 N–H and O–H groups in total. The van der Waals surface area contributed by atoms with E-state index < -0.39 is 0 Å². The summed E-state index contributed by atoms with van der Waals surface area (Å²) in [6, 6.07) is 19.0. The van der Waals surface area contributed by atoms with Gasteiger partial charge in [0.15, 0.2) is 0 Å². The molecule has 0 amide bonds. The van der Waals surface area contributed by atoms with Crippen LogP contribution in [0.2, 0.25) is 0 Å². The number of benzene rings is 2. The molecule has 2 unspecified atom stereocenters. The molecule has 0 aliphatic rings. The average molecular weight is 654 g/mol. The van der Waals surface area contributed by atoms with Crippen molar-refractivity contribution in [3.63, 3.8) is 0 Å². The Bertz CT molecular complexity index is 1160. The monoisotopic (exact) mass is 652 g/mol. The van der Waals surface area contributed by atoms with E-state index in [1.54, 1.807) is 0 Å². The molecule has 43 heavy (non-hydrogen) atoms. The van der Waals surface area contributed by atoms with E-state index in [0.29, 0.717) is 11.8 Å². The Balaban J connectivity index is 2.67. The van der Waals surface area contributed by atoms with Crippen molar-refractivity contribution in [2.75, 3.05) is 0 Å². The summed E-state index contributed by atoms with van der Waals surface area (Å²) in [4.78, 5) is 0. The van der Waals surface area contributed by atoms with Gasteiger partial charge in [0.05, 0.1) is 0 Å². The van der Waals surface area contributed by atoms with Crippen LogP contribution in [0.25, 0.3) is 0 Å². The Morgan fingerprint density at radius 3 is 1.42 bits per heavy atom. The van der Waals surface area contributed by atoms with Gasteiger partial charge in [0.25, 0.3) is 0 Å². The third kappa shape index (κ3) is 8.80. The maximum absolute atomic E-state index is 3.68. The van der Waals surface area contributed by atoms with Crippen molar-refractivity contribution in [1.82, 2.24) is 0 Å². The number of aryl methyl sites for hydroxylation is 1. The fourth-order valence-electron chi connectivity index (χ4n) is 7.63. The summed E-state index contributed by atoms with van der Waals surface area (Å²) >= 11 is 3.68. The highest BCUT2D eigenvalue weighted by Gasteiger charge is 2.51. The van der Waals surface area contributed by atoms with Gasteiger partial charge in [0.1, 0.15) is 0 Å². The van der Waals surface area contributed by atoms with E-state index in [1.165, 1.54) is 35.1 Å². The maximum Gasteiger partial charge on any atom is 0.0283 e. The third-order valence-electron chi connectivity index (χ3n) is 12.6. The third-order valence-corrected chi connectivity index (χ3v) is 13.2. The van der Waals surface area contributed by atoms with Crippen molar-refractivity contribution in [3.8, 4) is 0 Å². The molecule has 0 bridgehead atoms. The first-order valence-corrected chi connectivity index (χ1v) is 18.0. The number of alkyl halides is 1. The summed E-state index contributed by atoms with van der Waals surface area (Å²) in [5, 5.41) is 0.900. The highest BCUT2D eigenvalue weighted by atomic mass is 79.9. The molecule has 0 heterocycles. The van der Waals surface area contributed by atoms with Gasteiger partial charge >= 0.3 is 0 Å². The van der Waals surface area contributed by atoms with Crippen LogP contribution in [-0.2, 0) is 5.33 Å². The van der Waals surface area contributed by atoms with Gasteiger partial charge < -0.3 is 0 Å². The van der Waals surface area contributed by atoms with Crippen LogP contribution in [0.3, 0.4) is 0 Å². The van der Waals surface area contributed by atoms with Gasteiger partial charge in [0.2, 0.25) is 0 Å². The second-order valence-electron chi connectivity index (χ2n) is 19.4. The van der Waals surface area contributed by atoms with E-state index in [0.717, 1.165) is 11.8 Å². The summed E-state index contributed by atoms with van der Waals surface area (Å²) in [7, 11) is 0. The normalized spacial score (nSPS) is 15.9. The lowest BCUT2D eigenvalue weighted by Crippen LogP contribution is -2.47. The van der Waals surface area contributed by atoms with Crippen LogP contribution >= 0.6 is 15.9 Å². The Morgan fingerprint density at radius 2 is 1.00 bits per heavy atom. The van der Waals surface area contributed by atoms with Crippen LogP contribution in [-0.4, -0.2) is 0 Å². The fourth-order valence-corrected chi connectivity index (χ4v) is 8.00. The minimum absolute atomic E-state index is 0.0832. The lowest BCUT2D eigenvalue weighted by Gasteiger charge is -2.56. The zero-order valence-electron chi connectivity index (χ0n) is 31.5. The molecule has 0 fully saturated rings. The van der Waals surface area contributed by atoms with E-state index in [1.807, 2.05) is 0 Å². The quantitative estimate of drug-likeness (QED) is 0.200. The second-order valence-corrected chi connectivity index (χ2v) is 20.0. The zero-order valence-corrected chi connectivity index (χ0v) is 33.1. The second kappa shape index (κ2) is 13.0. The molecule has 1 heteroatoms. The van der Waals surface area contributed by atoms with Gasteiger partial charge in [0, 0.05) is 5.33 Å². The van der Waals surface area contributed by atoms with Crippen molar-refractivity contribution < 1.29 is 0 Å². The molecule has 244 valence electrons. The highest BCUT2D eigenvalue weighted by Crippen LogP contribution is 2.61. The smallest absolute Gasteiger partial charge is 0.0283 e. The first kappa shape index (κ1) is 38.1. The molecule has 0 aliphatic carbocycles. The van der Waals surface area contributed by atoms with Crippen LogP contribution in [0.5, 0.6) is 0 Å². The SMILES string of the molecule is Cc1ccc(C(CC(C)(C)C)C(C)(C)C(C)(C)CC(c2ccc(CBr)cc2)C(C)(C)CC(C)(C)C(C)(C)C(C)(C)C)cc1. The van der Waals surface area contributed by atoms with E-state index in [-0.39, 0.29) is 37.9 Å². The van der Waals surface area contributed by atoms with Crippen molar-refractivity contribution in [2.24, 2.45) is 37.9 Å². The molecule has 0 nitrogen and oxygen atoms in total. The Morgan fingerprint density at radius 1 is 0.558 bits per heavy atom. The highest BCUT2D eigenvalue weighted by molar-refractivity contribution is 9.08. The molecular weight excluding hydrogens is 584 g/mol. The summed E-state index contributed by atoms with van der Waals surface area (Å²) in [6.07, 6.45) is 3.50. The van der Waals surface area contributed by atoms with Crippen molar-refractivity contribution >= 4 is 15.9 Å². The van der Waals surface area contributed by atoms with E-state index >= 15 is 0 Å². The maximum atomic E-state index is 3.68. The minimum Gasteiger partial charge on any atom is -0.0876 e. The number of hydrogen-bond donors (Lipinski definition) is 0. The van der Waals surface area contributed by atoms with Gasteiger partial charge in [-0.05, 0) is 92.6 Å². The molecule has 0 saturated heterocycles. The molecule has 0 saturated carbocycles. The minimum atomic E-state index is 0.0832. The van der Waals surface area contributed by atoms with E-state index in [9.17, 15) is 0 Å². The molecule has 0 aliphatic heterocycles. The van der Waals surface area contributed by atoms with Crippen LogP contribution in [0.1, 0.15) is 164 Å². The van der Waals surface area contributed by atoms with Gasteiger partial charge in [-0.3, -0.25) is 0 Å². The summed E-state index contributed by atoms with van der Waals surface area (Å²) < 4.78 is 0. The van der Waals surface area contributed by atoms with Crippen LogP contribution in [0.15, 0.2) is 48.5 Å². The van der Waals surface area contributed by atoms with Crippen molar-refractivity contribution in [2.45, 2.75) is 154 Å². The Hall–Kier alpha value is -1.08. The molecule has 2 aromatic rings. The first-order chi connectivity index (χ1) is 19.2. The molecule has 0 aromatic heterocycles. The van der Waals surface area contributed by atoms with Crippen molar-refractivity contribution in [1.29, 1.82) is 0 Å². The van der Waals surface area contributed by atoms with Crippen LogP contribution in [0.4, 0.5) is 0 Å². The Labute approximate surface area is 277 Å². The van der Waals surface area contributed by atoms with E-state index in [4.69, 9.17) is 0 Å². The number of halogens is 1. The molecule has 2 atom stereocenters. The summed E-state index contributed by atoms with van der Waals surface area (Å²) in [6.45, 7) is 42.1. The van der Waals surface area contributed by atoms with E-state index in [2.05, 4.69) is 182 Å². The Kier molecular flexibility index (Phi) is 11.5. The standard InChI is InChI=1S/C42H69Br/c1-30-18-22-33(23-19-30)35(26-36(2,3)4)41(14,15)39(10,11)27-34(32-24-20-31(28-43)21-25-32)38(8,9)29-40(12,13)42(16,17)37(5,6)7/h18-25,34-35H,26-29H2,1-17H3. The summed E-state index contributed by atoms with van der Waals surface area (Å²) in [5.74, 6) is 0.911. The van der Waals surface area contributed by atoms with Gasteiger partial charge in [-0.25, -0.2) is 0 Å². The zero-order chi connectivity index (χ0) is 33.4. The molecule has 2 rings (SSSR count). The van der Waals surface area contributed by atoms with Crippen LogP contribution < -0.4 is 0 Å².